The van der Waals surface area contributed by atoms with Gasteiger partial charge in [0.2, 0.25) is 0 Å². The summed E-state index contributed by atoms with van der Waals surface area (Å²) in [4.78, 5) is 15.8. The van der Waals surface area contributed by atoms with Crippen molar-refractivity contribution in [2.24, 2.45) is 0 Å². The number of hydrogen-bond acceptors (Lipinski definition) is 4. The number of aromatic nitrogens is 1. The van der Waals surface area contributed by atoms with Crippen molar-refractivity contribution in [2.45, 2.75) is 31.8 Å². The average Bonchev–Trinajstić information content (AvgIpc) is 3.13. The second-order valence-corrected chi connectivity index (χ2v) is 6.35. The fourth-order valence-electron chi connectivity index (χ4n) is 3.01. The Hall–Kier alpha value is -2.33. The molecule has 1 aliphatic rings. The van der Waals surface area contributed by atoms with Gasteiger partial charge in [-0.25, -0.2) is 0 Å². The highest BCUT2D eigenvalue weighted by Crippen LogP contribution is 2.33. The minimum Gasteiger partial charge on any atom is -0.493 e. The van der Waals surface area contributed by atoms with E-state index in [-0.39, 0.29) is 6.10 Å². The molecule has 0 unspecified atom stereocenters. The van der Waals surface area contributed by atoms with Gasteiger partial charge in [-0.05, 0) is 78.8 Å². The molecular weight excluding hydrogens is 338 g/mol. The van der Waals surface area contributed by atoms with E-state index in [1.54, 1.807) is 37.7 Å². The molecule has 2 aromatic rings. The lowest BCUT2D eigenvalue weighted by atomic mass is 10.0. The standard InChI is InChI=1S/C20H20ClNO3/c1-24-18-7-6-14(13-19(18)25-16-4-2-3-5-16)12-17(20(21)23)15-8-10-22-11-9-15/h6-13,16H,2-5H2,1H3. The first-order chi connectivity index (χ1) is 12.2. The van der Waals surface area contributed by atoms with Crippen LogP contribution in [0.25, 0.3) is 11.6 Å². The number of benzene rings is 1. The van der Waals surface area contributed by atoms with Crippen LogP contribution in [0.5, 0.6) is 11.5 Å². The van der Waals surface area contributed by atoms with Gasteiger partial charge in [0.25, 0.3) is 5.24 Å². The van der Waals surface area contributed by atoms with E-state index < -0.39 is 5.24 Å². The van der Waals surface area contributed by atoms with Crippen LogP contribution in [-0.4, -0.2) is 23.4 Å². The summed E-state index contributed by atoms with van der Waals surface area (Å²) >= 11 is 5.78. The van der Waals surface area contributed by atoms with Crippen molar-refractivity contribution >= 4 is 28.5 Å². The first kappa shape index (κ1) is 17.5. The van der Waals surface area contributed by atoms with Gasteiger partial charge < -0.3 is 9.47 Å². The van der Waals surface area contributed by atoms with E-state index in [4.69, 9.17) is 21.1 Å². The minimum absolute atomic E-state index is 0.224. The maximum atomic E-state index is 11.9. The van der Waals surface area contributed by atoms with E-state index in [2.05, 4.69) is 4.98 Å². The van der Waals surface area contributed by atoms with E-state index in [9.17, 15) is 4.79 Å². The Labute approximate surface area is 152 Å². The summed E-state index contributed by atoms with van der Waals surface area (Å²) < 4.78 is 11.5. The Morgan fingerprint density at radius 3 is 2.52 bits per heavy atom. The number of carbonyl (C=O) groups excluding carboxylic acids is 1. The zero-order chi connectivity index (χ0) is 17.6. The van der Waals surface area contributed by atoms with E-state index in [0.717, 1.165) is 24.0 Å². The van der Waals surface area contributed by atoms with Gasteiger partial charge in [0.1, 0.15) is 0 Å². The highest BCUT2D eigenvalue weighted by molar-refractivity contribution is 6.75. The fraction of sp³-hybridized carbons (Fsp3) is 0.300. The number of carbonyl (C=O) groups is 1. The Balaban J connectivity index is 1.93. The lowest BCUT2D eigenvalue weighted by Gasteiger charge is -2.16. The van der Waals surface area contributed by atoms with Crippen molar-refractivity contribution in [1.82, 2.24) is 4.98 Å². The van der Waals surface area contributed by atoms with Crippen LogP contribution >= 0.6 is 11.6 Å². The quantitative estimate of drug-likeness (QED) is 0.554. The molecule has 1 aliphatic carbocycles. The molecule has 0 spiro atoms. The van der Waals surface area contributed by atoms with Crippen LogP contribution in [0.1, 0.15) is 36.8 Å². The lowest BCUT2D eigenvalue weighted by Crippen LogP contribution is -2.11. The normalized spacial score (nSPS) is 15.2. The second-order valence-electron chi connectivity index (χ2n) is 6.00. The van der Waals surface area contributed by atoms with Gasteiger partial charge in [-0.1, -0.05) is 6.07 Å². The second kappa shape index (κ2) is 8.17. The van der Waals surface area contributed by atoms with E-state index >= 15 is 0 Å². The zero-order valence-corrected chi connectivity index (χ0v) is 14.8. The molecule has 1 saturated carbocycles. The molecule has 0 amide bonds. The van der Waals surface area contributed by atoms with E-state index in [1.165, 1.54) is 12.8 Å². The fourth-order valence-corrected chi connectivity index (χ4v) is 3.18. The molecule has 0 bridgehead atoms. The third-order valence-corrected chi connectivity index (χ3v) is 4.50. The van der Waals surface area contributed by atoms with Crippen LogP contribution in [0.4, 0.5) is 0 Å². The monoisotopic (exact) mass is 357 g/mol. The molecule has 1 heterocycles. The smallest absolute Gasteiger partial charge is 0.253 e. The number of pyridine rings is 1. The third kappa shape index (κ3) is 4.40. The summed E-state index contributed by atoms with van der Waals surface area (Å²) in [5.74, 6) is 1.38. The van der Waals surface area contributed by atoms with Crippen molar-refractivity contribution in [3.8, 4) is 11.5 Å². The van der Waals surface area contributed by atoms with E-state index in [1.807, 2.05) is 18.2 Å². The molecule has 5 heteroatoms. The SMILES string of the molecule is COc1ccc(C=C(C(=O)Cl)c2ccncc2)cc1OC1CCCC1. The first-order valence-electron chi connectivity index (χ1n) is 8.34. The summed E-state index contributed by atoms with van der Waals surface area (Å²) in [5, 5.41) is -0.514. The molecule has 0 aliphatic heterocycles. The van der Waals surface area contributed by atoms with Gasteiger partial charge in [0.05, 0.1) is 13.2 Å². The maximum absolute atomic E-state index is 11.9. The Morgan fingerprint density at radius 2 is 1.88 bits per heavy atom. The maximum Gasteiger partial charge on any atom is 0.253 e. The zero-order valence-electron chi connectivity index (χ0n) is 14.1. The molecule has 0 saturated heterocycles. The first-order valence-corrected chi connectivity index (χ1v) is 8.72. The summed E-state index contributed by atoms with van der Waals surface area (Å²) in [5.41, 5.74) is 1.97. The number of rotatable bonds is 6. The Bertz CT molecular complexity index is 768. The number of halogens is 1. The molecule has 0 atom stereocenters. The molecule has 0 radical (unpaired) electrons. The molecule has 3 rings (SSSR count). The highest BCUT2D eigenvalue weighted by Gasteiger charge is 2.19. The number of allylic oxidation sites excluding steroid dienone is 1. The predicted octanol–water partition coefficient (Wildman–Crippen LogP) is 4.72. The van der Waals surface area contributed by atoms with Gasteiger partial charge in [0.15, 0.2) is 11.5 Å². The van der Waals surface area contributed by atoms with Crippen LogP contribution in [0.2, 0.25) is 0 Å². The predicted molar refractivity (Wildman–Crippen MR) is 98.8 cm³/mol. The lowest BCUT2D eigenvalue weighted by molar-refractivity contribution is -0.106. The van der Waals surface area contributed by atoms with Gasteiger partial charge in [-0.3, -0.25) is 9.78 Å². The van der Waals surface area contributed by atoms with Crippen LogP contribution < -0.4 is 9.47 Å². The number of ether oxygens (including phenoxy) is 2. The van der Waals surface area contributed by atoms with Crippen LogP contribution in [0.15, 0.2) is 42.7 Å². The molecule has 4 nitrogen and oxygen atoms in total. The molecule has 25 heavy (non-hydrogen) atoms. The van der Waals surface area contributed by atoms with Crippen molar-refractivity contribution in [2.75, 3.05) is 7.11 Å². The molecule has 1 aromatic heterocycles. The van der Waals surface area contributed by atoms with Crippen molar-refractivity contribution in [3.63, 3.8) is 0 Å². The number of hydrogen-bond donors (Lipinski definition) is 0. The minimum atomic E-state index is -0.514. The highest BCUT2D eigenvalue weighted by atomic mass is 35.5. The topological polar surface area (TPSA) is 48.4 Å². The van der Waals surface area contributed by atoms with Crippen molar-refractivity contribution < 1.29 is 14.3 Å². The Morgan fingerprint density at radius 1 is 1.16 bits per heavy atom. The molecule has 1 fully saturated rings. The third-order valence-electron chi connectivity index (χ3n) is 4.30. The van der Waals surface area contributed by atoms with E-state index in [0.29, 0.717) is 17.1 Å². The molecular formula is C20H20ClNO3. The number of methoxy groups -OCH3 is 1. The van der Waals surface area contributed by atoms with Crippen molar-refractivity contribution in [1.29, 1.82) is 0 Å². The van der Waals surface area contributed by atoms with Crippen molar-refractivity contribution in [3.05, 3.63) is 53.9 Å². The molecule has 130 valence electrons. The Kier molecular flexibility index (Phi) is 5.71. The largest absolute Gasteiger partial charge is 0.493 e. The summed E-state index contributed by atoms with van der Waals surface area (Å²) in [6, 6.07) is 9.12. The van der Waals surface area contributed by atoms with Crippen LogP contribution in [0.3, 0.4) is 0 Å². The molecule has 0 N–H and O–H groups in total. The van der Waals surface area contributed by atoms with Crippen LogP contribution in [-0.2, 0) is 4.79 Å². The van der Waals surface area contributed by atoms with Crippen LogP contribution in [0, 0.1) is 0 Å². The summed E-state index contributed by atoms with van der Waals surface area (Å²) in [6.07, 6.45) is 9.75. The summed E-state index contributed by atoms with van der Waals surface area (Å²) in [7, 11) is 1.62. The van der Waals surface area contributed by atoms with Gasteiger partial charge in [-0.2, -0.15) is 0 Å². The van der Waals surface area contributed by atoms with Gasteiger partial charge in [0, 0.05) is 18.0 Å². The average molecular weight is 358 g/mol. The van der Waals surface area contributed by atoms with Gasteiger partial charge >= 0.3 is 0 Å². The summed E-state index contributed by atoms with van der Waals surface area (Å²) in [6.45, 7) is 0. The molecule has 1 aromatic carbocycles. The number of nitrogens with zero attached hydrogens (tertiary/aromatic N) is 1. The van der Waals surface area contributed by atoms with Gasteiger partial charge in [-0.15, -0.1) is 0 Å².